The largest absolute Gasteiger partial charge is 0.487 e. The molecule has 0 aliphatic rings. The topological polar surface area (TPSA) is 86.5 Å². The van der Waals surface area contributed by atoms with Crippen molar-refractivity contribution in [3.63, 3.8) is 0 Å². The molecule has 0 spiro atoms. The van der Waals surface area contributed by atoms with Crippen LogP contribution < -0.4 is 4.74 Å². The predicted molar refractivity (Wildman–Crippen MR) is 82.2 cm³/mol. The lowest BCUT2D eigenvalue weighted by molar-refractivity contribution is -0.384. The molecule has 0 radical (unpaired) electrons. The second kappa shape index (κ2) is 6.69. The number of non-ortho nitro benzene ring substituents is 1. The molecule has 0 saturated carbocycles. The summed E-state index contributed by atoms with van der Waals surface area (Å²) in [6.07, 6.45) is 0. The summed E-state index contributed by atoms with van der Waals surface area (Å²) in [6.45, 7) is -0.128. The molecule has 2 aromatic carbocycles. The van der Waals surface area contributed by atoms with Crippen LogP contribution in [0.25, 0.3) is 0 Å². The Morgan fingerprint density at radius 3 is 2.39 bits per heavy atom. The molecule has 122 valence electrons. The third-order valence-corrected chi connectivity index (χ3v) is 4.38. The summed E-state index contributed by atoms with van der Waals surface area (Å²) >= 11 is 11.5. The first kappa shape index (κ1) is 17.5. The zero-order valence-electron chi connectivity index (χ0n) is 11.2. The van der Waals surface area contributed by atoms with Crippen LogP contribution in [-0.4, -0.2) is 13.3 Å². The molecule has 0 unspecified atom stereocenters. The summed E-state index contributed by atoms with van der Waals surface area (Å²) in [5.74, 6) is 0.164. The molecule has 0 N–H and O–H groups in total. The molecule has 0 atom stereocenters. The second-order valence-electron chi connectivity index (χ2n) is 4.36. The first-order valence-electron chi connectivity index (χ1n) is 5.98. The lowest BCUT2D eigenvalue weighted by Gasteiger charge is -2.09. The lowest BCUT2D eigenvalue weighted by atomic mass is 10.2. The lowest BCUT2D eigenvalue weighted by Crippen LogP contribution is -2.00. The van der Waals surface area contributed by atoms with Gasteiger partial charge < -0.3 is 4.74 Å². The van der Waals surface area contributed by atoms with Crippen LogP contribution in [-0.2, 0) is 16.8 Å². The zero-order valence-corrected chi connectivity index (χ0v) is 13.5. The van der Waals surface area contributed by atoms with Crippen LogP contribution in [0.3, 0.4) is 0 Å². The highest BCUT2D eigenvalue weighted by atomic mass is 35.5. The van der Waals surface area contributed by atoms with Crippen molar-refractivity contribution in [1.82, 2.24) is 0 Å². The number of halogens is 3. The molecule has 0 bridgehead atoms. The van der Waals surface area contributed by atoms with Crippen LogP contribution in [0.1, 0.15) is 5.56 Å². The number of nitrogens with zero attached hydrogens (tertiary/aromatic N) is 1. The first-order chi connectivity index (χ1) is 10.7. The van der Waals surface area contributed by atoms with Gasteiger partial charge in [0.2, 0.25) is 0 Å². The Morgan fingerprint density at radius 2 is 1.83 bits per heavy atom. The van der Waals surface area contributed by atoms with E-state index in [0.29, 0.717) is 5.56 Å². The van der Waals surface area contributed by atoms with Gasteiger partial charge in [0.05, 0.1) is 15.0 Å². The fourth-order valence-corrected chi connectivity index (χ4v) is 2.92. The van der Waals surface area contributed by atoms with E-state index >= 15 is 0 Å². The molecular formula is C13H8Cl2FNO5S. The Labute approximate surface area is 140 Å². The monoisotopic (exact) mass is 379 g/mol. The molecule has 2 aromatic rings. The van der Waals surface area contributed by atoms with Crippen LogP contribution in [0, 0.1) is 10.1 Å². The summed E-state index contributed by atoms with van der Waals surface area (Å²) in [5, 5.41) is 10.4. The van der Waals surface area contributed by atoms with Crippen molar-refractivity contribution >= 4 is 39.1 Å². The Morgan fingerprint density at radius 1 is 1.13 bits per heavy atom. The van der Waals surface area contributed by atoms with Crippen molar-refractivity contribution in [3.8, 4) is 5.75 Å². The smallest absolute Gasteiger partial charge is 0.333 e. The number of nitro benzene ring substituents is 1. The third kappa shape index (κ3) is 4.31. The fourth-order valence-electron chi connectivity index (χ4n) is 1.71. The molecule has 0 aromatic heterocycles. The number of hydrogen-bond donors (Lipinski definition) is 0. The average molecular weight is 380 g/mol. The van der Waals surface area contributed by atoms with Crippen molar-refractivity contribution in [2.75, 3.05) is 0 Å². The van der Waals surface area contributed by atoms with Gasteiger partial charge in [-0.05, 0) is 23.8 Å². The van der Waals surface area contributed by atoms with Crippen LogP contribution in [0.2, 0.25) is 10.0 Å². The molecule has 2 rings (SSSR count). The van der Waals surface area contributed by atoms with Crippen LogP contribution in [0.5, 0.6) is 5.75 Å². The van der Waals surface area contributed by atoms with Crippen molar-refractivity contribution in [3.05, 3.63) is 62.1 Å². The van der Waals surface area contributed by atoms with Gasteiger partial charge in [-0.25, -0.2) is 0 Å². The minimum absolute atomic E-state index is 0.0199. The summed E-state index contributed by atoms with van der Waals surface area (Å²) in [5.41, 5.74) is 0.139. The van der Waals surface area contributed by atoms with Gasteiger partial charge in [-0.1, -0.05) is 29.3 Å². The van der Waals surface area contributed by atoms with E-state index < -0.39 is 20.0 Å². The zero-order chi connectivity index (χ0) is 17.2. The molecule has 0 aliphatic carbocycles. The molecule has 0 fully saturated rings. The maximum absolute atomic E-state index is 13.1. The van der Waals surface area contributed by atoms with Crippen LogP contribution in [0.15, 0.2) is 41.3 Å². The molecular weight excluding hydrogens is 372 g/mol. The Kier molecular flexibility index (Phi) is 5.08. The number of ether oxygens (including phenoxy) is 1. The highest BCUT2D eigenvalue weighted by Crippen LogP contribution is 2.30. The molecule has 6 nitrogen and oxygen atoms in total. The van der Waals surface area contributed by atoms with E-state index in [1.54, 1.807) is 0 Å². The first-order valence-corrected chi connectivity index (χ1v) is 8.12. The maximum atomic E-state index is 13.1. The van der Waals surface area contributed by atoms with E-state index in [1.807, 2.05) is 0 Å². The van der Waals surface area contributed by atoms with E-state index in [2.05, 4.69) is 0 Å². The highest BCUT2D eigenvalue weighted by Gasteiger charge is 2.17. The van der Waals surface area contributed by atoms with Gasteiger partial charge >= 0.3 is 10.2 Å². The molecule has 0 heterocycles. The van der Waals surface area contributed by atoms with Gasteiger partial charge in [-0.15, -0.1) is 3.89 Å². The minimum atomic E-state index is -4.95. The van der Waals surface area contributed by atoms with E-state index in [9.17, 15) is 22.4 Å². The molecule has 0 aliphatic heterocycles. The number of hydrogen-bond acceptors (Lipinski definition) is 5. The third-order valence-electron chi connectivity index (χ3n) is 2.78. The Hall–Kier alpha value is -1.90. The fraction of sp³-hybridized carbons (Fsp3) is 0.0769. The minimum Gasteiger partial charge on any atom is -0.487 e. The van der Waals surface area contributed by atoms with Gasteiger partial charge in [-0.3, -0.25) is 10.1 Å². The second-order valence-corrected chi connectivity index (χ2v) is 6.49. The standard InChI is InChI=1S/C13H8Cl2FNO5S/c14-10-3-1-8(5-13(10)23(16,20)21)7-22-12-4-2-9(17(18)19)6-11(12)15/h1-6H,7H2. The summed E-state index contributed by atoms with van der Waals surface area (Å²) in [6, 6.07) is 7.36. The SMILES string of the molecule is O=[N+]([O-])c1ccc(OCc2ccc(Cl)c(S(=O)(=O)F)c2)c(Cl)c1. The van der Waals surface area contributed by atoms with Gasteiger partial charge in [0.15, 0.2) is 0 Å². The maximum Gasteiger partial charge on any atom is 0.333 e. The van der Waals surface area contributed by atoms with E-state index in [-0.39, 0.29) is 28.1 Å². The Bertz CT molecular complexity index is 873. The normalized spacial score (nSPS) is 11.3. The molecule has 0 saturated heterocycles. The summed E-state index contributed by atoms with van der Waals surface area (Å²) in [4.78, 5) is 9.35. The van der Waals surface area contributed by atoms with Crippen molar-refractivity contribution in [2.45, 2.75) is 11.5 Å². The van der Waals surface area contributed by atoms with E-state index in [1.165, 1.54) is 24.3 Å². The van der Waals surface area contributed by atoms with Crippen molar-refractivity contribution in [2.24, 2.45) is 0 Å². The van der Waals surface area contributed by atoms with Crippen molar-refractivity contribution < 1.29 is 22.0 Å². The van der Waals surface area contributed by atoms with Gasteiger partial charge in [0, 0.05) is 12.1 Å². The average Bonchev–Trinajstić information content (AvgIpc) is 2.46. The van der Waals surface area contributed by atoms with E-state index in [4.69, 9.17) is 27.9 Å². The number of rotatable bonds is 5. The van der Waals surface area contributed by atoms with Crippen molar-refractivity contribution in [1.29, 1.82) is 0 Å². The number of benzene rings is 2. The molecule has 10 heteroatoms. The van der Waals surface area contributed by atoms with E-state index in [0.717, 1.165) is 12.1 Å². The summed E-state index contributed by atoms with van der Waals surface area (Å²) < 4.78 is 40.3. The highest BCUT2D eigenvalue weighted by molar-refractivity contribution is 7.86. The van der Waals surface area contributed by atoms with Gasteiger partial charge in [0.25, 0.3) is 5.69 Å². The molecule has 0 amide bonds. The number of nitro groups is 1. The molecule has 23 heavy (non-hydrogen) atoms. The Balaban J connectivity index is 2.20. The van der Waals surface area contributed by atoms with Gasteiger partial charge in [-0.2, -0.15) is 8.42 Å². The quantitative estimate of drug-likeness (QED) is 0.442. The van der Waals surface area contributed by atoms with Gasteiger partial charge in [0.1, 0.15) is 17.3 Å². The summed E-state index contributed by atoms with van der Waals surface area (Å²) in [7, 11) is -4.95. The van der Waals surface area contributed by atoms with Crippen LogP contribution >= 0.6 is 23.2 Å². The predicted octanol–water partition coefficient (Wildman–Crippen LogP) is 4.14. The van der Waals surface area contributed by atoms with Crippen LogP contribution in [0.4, 0.5) is 9.57 Å².